The highest BCUT2D eigenvalue weighted by Crippen LogP contribution is 2.32. The number of nitrogens with zero attached hydrogens (tertiary/aromatic N) is 2. The summed E-state index contributed by atoms with van der Waals surface area (Å²) in [6, 6.07) is 5.20. The van der Waals surface area contributed by atoms with Crippen LogP contribution in [0.2, 0.25) is 0 Å². The maximum atomic E-state index is 12.7. The lowest BCUT2D eigenvalue weighted by molar-refractivity contribution is -0.136. The average Bonchev–Trinajstić information content (AvgIpc) is 3.20. The molecule has 3 aliphatic rings. The Morgan fingerprint density at radius 1 is 1.20 bits per heavy atom. The van der Waals surface area contributed by atoms with Crippen LogP contribution in [0.25, 0.3) is 0 Å². The van der Waals surface area contributed by atoms with Gasteiger partial charge in [0, 0.05) is 49.8 Å². The van der Waals surface area contributed by atoms with Gasteiger partial charge < -0.3 is 14.9 Å². The molecule has 7 nitrogen and oxygen atoms in total. The molecule has 25 heavy (non-hydrogen) atoms. The zero-order chi connectivity index (χ0) is 17.6. The Hall–Kier alpha value is -2.41. The molecule has 2 fully saturated rings. The van der Waals surface area contributed by atoms with Crippen molar-refractivity contribution in [3.8, 4) is 0 Å². The van der Waals surface area contributed by atoms with Gasteiger partial charge >= 0.3 is 0 Å². The van der Waals surface area contributed by atoms with Crippen LogP contribution in [-0.2, 0) is 16.1 Å². The van der Waals surface area contributed by atoms with E-state index in [0.717, 1.165) is 30.8 Å². The quantitative estimate of drug-likeness (QED) is 0.769. The van der Waals surface area contributed by atoms with Crippen molar-refractivity contribution in [2.24, 2.45) is 5.92 Å². The van der Waals surface area contributed by atoms with E-state index < -0.39 is 6.04 Å². The van der Waals surface area contributed by atoms with Crippen molar-refractivity contribution < 1.29 is 19.5 Å². The molecule has 0 saturated carbocycles. The number of amides is 3. The Bertz CT molecular complexity index is 748. The molecule has 7 heteroatoms. The van der Waals surface area contributed by atoms with Gasteiger partial charge in [0.25, 0.3) is 5.91 Å². The number of piperidine rings is 1. The second kappa shape index (κ2) is 6.15. The van der Waals surface area contributed by atoms with Gasteiger partial charge in [-0.25, -0.2) is 0 Å². The summed E-state index contributed by atoms with van der Waals surface area (Å²) in [5.41, 5.74) is 2.60. The van der Waals surface area contributed by atoms with E-state index >= 15 is 0 Å². The Morgan fingerprint density at radius 2 is 2.04 bits per heavy atom. The summed E-state index contributed by atoms with van der Waals surface area (Å²) in [7, 11) is 0. The molecule has 0 radical (unpaired) electrons. The van der Waals surface area contributed by atoms with Gasteiger partial charge in [-0.1, -0.05) is 0 Å². The van der Waals surface area contributed by atoms with E-state index in [1.807, 2.05) is 18.2 Å². The molecule has 0 bridgehead atoms. The summed E-state index contributed by atoms with van der Waals surface area (Å²) in [6.45, 7) is 2.31. The number of aliphatic hydroxyl groups excluding tert-OH is 1. The lowest BCUT2D eigenvalue weighted by Crippen LogP contribution is -2.52. The number of fused-ring (bicyclic) bond motifs is 1. The molecule has 0 spiro atoms. The van der Waals surface area contributed by atoms with Gasteiger partial charge in [0.2, 0.25) is 11.8 Å². The third kappa shape index (κ3) is 2.78. The first-order valence-electron chi connectivity index (χ1n) is 8.70. The first-order chi connectivity index (χ1) is 12.1. The van der Waals surface area contributed by atoms with Gasteiger partial charge in [0.15, 0.2) is 0 Å². The summed E-state index contributed by atoms with van der Waals surface area (Å²) in [5.74, 6) is -0.510. The smallest absolute Gasteiger partial charge is 0.255 e. The summed E-state index contributed by atoms with van der Waals surface area (Å²) in [5, 5.41) is 11.6. The van der Waals surface area contributed by atoms with Crippen LogP contribution in [0, 0.1) is 5.92 Å². The molecular formula is C18H21N3O4. The number of benzene rings is 1. The van der Waals surface area contributed by atoms with Crippen molar-refractivity contribution in [1.82, 2.24) is 10.2 Å². The van der Waals surface area contributed by atoms with E-state index in [0.29, 0.717) is 24.4 Å². The molecule has 4 rings (SSSR count). The van der Waals surface area contributed by atoms with E-state index in [-0.39, 0.29) is 30.7 Å². The number of hydrogen-bond donors (Lipinski definition) is 2. The van der Waals surface area contributed by atoms with E-state index in [4.69, 9.17) is 0 Å². The Kier molecular flexibility index (Phi) is 3.95. The van der Waals surface area contributed by atoms with Crippen molar-refractivity contribution in [2.75, 3.05) is 24.6 Å². The number of hydrogen-bond acceptors (Lipinski definition) is 5. The van der Waals surface area contributed by atoms with Crippen molar-refractivity contribution in [2.45, 2.75) is 31.8 Å². The molecule has 0 aliphatic carbocycles. The minimum absolute atomic E-state index is 0.147. The molecular weight excluding hydrogens is 322 g/mol. The largest absolute Gasteiger partial charge is 0.396 e. The Labute approximate surface area is 145 Å². The first-order valence-corrected chi connectivity index (χ1v) is 8.70. The minimum atomic E-state index is -0.577. The summed E-state index contributed by atoms with van der Waals surface area (Å²) >= 11 is 0. The molecule has 3 heterocycles. The number of aliphatic hydroxyl groups is 1. The van der Waals surface area contributed by atoms with Gasteiger partial charge in [-0.2, -0.15) is 0 Å². The second-order valence-corrected chi connectivity index (χ2v) is 7.02. The SMILES string of the molecule is O=C1CCC(N2Cc3cc(N4CC[C@H](CO)C4)ccc3C2=O)C(=O)N1. The van der Waals surface area contributed by atoms with Crippen molar-refractivity contribution >= 4 is 23.4 Å². The fourth-order valence-electron chi connectivity index (χ4n) is 3.97. The number of carbonyl (C=O) groups excluding carboxylic acids is 3. The highest BCUT2D eigenvalue weighted by atomic mass is 16.3. The van der Waals surface area contributed by atoms with Crippen LogP contribution in [0.3, 0.4) is 0 Å². The molecule has 132 valence electrons. The number of carbonyl (C=O) groups is 3. The maximum absolute atomic E-state index is 12.7. The van der Waals surface area contributed by atoms with Crippen LogP contribution in [0.4, 0.5) is 5.69 Å². The van der Waals surface area contributed by atoms with E-state index in [2.05, 4.69) is 10.2 Å². The molecule has 3 aliphatic heterocycles. The number of imide groups is 1. The molecule has 0 aromatic heterocycles. The summed E-state index contributed by atoms with van der Waals surface area (Å²) < 4.78 is 0. The van der Waals surface area contributed by atoms with Crippen LogP contribution < -0.4 is 10.2 Å². The average molecular weight is 343 g/mol. The fraction of sp³-hybridized carbons (Fsp3) is 0.500. The second-order valence-electron chi connectivity index (χ2n) is 7.02. The van der Waals surface area contributed by atoms with Gasteiger partial charge in [0.1, 0.15) is 6.04 Å². The summed E-state index contributed by atoms with van der Waals surface area (Å²) in [6.07, 6.45) is 1.61. The molecule has 1 unspecified atom stereocenters. The zero-order valence-corrected chi connectivity index (χ0v) is 13.9. The molecule has 2 atom stereocenters. The Balaban J connectivity index is 1.53. The minimum Gasteiger partial charge on any atom is -0.396 e. The monoisotopic (exact) mass is 343 g/mol. The van der Waals surface area contributed by atoms with Crippen LogP contribution in [-0.4, -0.2) is 53.5 Å². The molecule has 1 aromatic rings. The van der Waals surface area contributed by atoms with Gasteiger partial charge in [0.05, 0.1) is 0 Å². The lowest BCUT2D eigenvalue weighted by atomic mass is 10.0. The van der Waals surface area contributed by atoms with Gasteiger partial charge in [-0.05, 0) is 36.6 Å². The standard InChI is InChI=1S/C18H21N3O4/c22-10-11-5-6-20(8-11)13-1-2-14-12(7-13)9-21(18(14)25)15-3-4-16(23)19-17(15)24/h1-2,7,11,15,22H,3-6,8-10H2,(H,19,23,24)/t11-,15?/m0/s1. The normalized spacial score (nSPS) is 26.2. The number of rotatable bonds is 3. The van der Waals surface area contributed by atoms with E-state index in [9.17, 15) is 19.5 Å². The number of anilines is 1. The molecule has 2 saturated heterocycles. The summed E-state index contributed by atoms with van der Waals surface area (Å²) in [4.78, 5) is 39.9. The highest BCUT2D eigenvalue weighted by molar-refractivity contribution is 6.05. The zero-order valence-electron chi connectivity index (χ0n) is 13.9. The predicted octanol–water partition coefficient (Wildman–Crippen LogP) is 0.266. The third-order valence-electron chi connectivity index (χ3n) is 5.42. The van der Waals surface area contributed by atoms with Crippen LogP contribution in [0.1, 0.15) is 35.2 Å². The third-order valence-corrected chi connectivity index (χ3v) is 5.42. The van der Waals surface area contributed by atoms with E-state index in [1.54, 1.807) is 4.90 Å². The van der Waals surface area contributed by atoms with Gasteiger partial charge in [-0.3, -0.25) is 19.7 Å². The maximum Gasteiger partial charge on any atom is 0.255 e. The van der Waals surface area contributed by atoms with Crippen LogP contribution in [0.15, 0.2) is 18.2 Å². The van der Waals surface area contributed by atoms with Gasteiger partial charge in [-0.15, -0.1) is 0 Å². The molecule has 3 amide bonds. The van der Waals surface area contributed by atoms with Crippen molar-refractivity contribution in [3.63, 3.8) is 0 Å². The fourth-order valence-corrected chi connectivity index (χ4v) is 3.97. The van der Waals surface area contributed by atoms with Crippen LogP contribution in [0.5, 0.6) is 0 Å². The van der Waals surface area contributed by atoms with E-state index in [1.165, 1.54) is 0 Å². The first kappa shape index (κ1) is 16.1. The molecule has 1 aromatic carbocycles. The van der Waals surface area contributed by atoms with Crippen LogP contribution >= 0.6 is 0 Å². The highest BCUT2D eigenvalue weighted by Gasteiger charge is 2.39. The number of nitrogens with one attached hydrogen (secondary N) is 1. The molecule has 2 N–H and O–H groups in total. The van der Waals surface area contributed by atoms with Crippen molar-refractivity contribution in [1.29, 1.82) is 0 Å². The topological polar surface area (TPSA) is 90.0 Å². The lowest BCUT2D eigenvalue weighted by Gasteiger charge is -2.29. The van der Waals surface area contributed by atoms with Crippen molar-refractivity contribution in [3.05, 3.63) is 29.3 Å². The predicted molar refractivity (Wildman–Crippen MR) is 89.9 cm³/mol. The Morgan fingerprint density at radius 3 is 2.76 bits per heavy atom.